The molecular formula is C13H13Cl2N3O2. The van der Waals surface area contributed by atoms with Gasteiger partial charge in [-0.3, -0.25) is 4.79 Å². The lowest BCUT2D eigenvalue weighted by atomic mass is 10.2. The van der Waals surface area contributed by atoms with E-state index in [4.69, 9.17) is 27.9 Å². The van der Waals surface area contributed by atoms with Crippen LogP contribution in [0.4, 0.5) is 0 Å². The van der Waals surface area contributed by atoms with E-state index in [0.29, 0.717) is 28.4 Å². The van der Waals surface area contributed by atoms with Gasteiger partial charge in [0.2, 0.25) is 0 Å². The number of hydrogen-bond donors (Lipinski definition) is 0. The van der Waals surface area contributed by atoms with Crippen LogP contribution in [-0.2, 0) is 6.61 Å². The number of halogens is 2. The zero-order valence-corrected chi connectivity index (χ0v) is 12.5. The summed E-state index contributed by atoms with van der Waals surface area (Å²) in [6.07, 6.45) is 2.11. The lowest BCUT2D eigenvalue weighted by molar-refractivity contribution is 0.111. The fourth-order valence-corrected chi connectivity index (χ4v) is 2.33. The van der Waals surface area contributed by atoms with Crippen LogP contribution in [0.2, 0.25) is 10.0 Å². The average molecular weight is 314 g/mol. The van der Waals surface area contributed by atoms with Gasteiger partial charge in [-0.2, -0.15) is 5.10 Å². The zero-order valence-electron chi connectivity index (χ0n) is 11.0. The van der Waals surface area contributed by atoms with Crippen LogP contribution < -0.4 is 4.74 Å². The molecule has 2 rings (SSSR count). The van der Waals surface area contributed by atoms with Crippen LogP contribution in [-0.4, -0.2) is 21.1 Å². The van der Waals surface area contributed by atoms with Crippen LogP contribution in [0, 0.1) is 0 Å². The van der Waals surface area contributed by atoms with Crippen molar-refractivity contribution in [1.82, 2.24) is 14.8 Å². The Labute approximate surface area is 126 Å². The molecule has 0 amide bonds. The van der Waals surface area contributed by atoms with Crippen LogP contribution in [0.3, 0.4) is 0 Å². The van der Waals surface area contributed by atoms with Crippen LogP contribution in [0.25, 0.3) is 0 Å². The van der Waals surface area contributed by atoms with Crippen molar-refractivity contribution in [2.45, 2.75) is 26.5 Å². The summed E-state index contributed by atoms with van der Waals surface area (Å²) in [6.45, 7) is 4.15. The van der Waals surface area contributed by atoms with Gasteiger partial charge in [0.05, 0.1) is 10.6 Å². The number of nitrogens with zero attached hydrogens (tertiary/aromatic N) is 3. The number of carbonyl (C=O) groups is 1. The van der Waals surface area contributed by atoms with Crippen LogP contribution >= 0.6 is 23.2 Å². The summed E-state index contributed by atoms with van der Waals surface area (Å²) in [5, 5.41) is 4.78. The Morgan fingerprint density at radius 3 is 2.80 bits per heavy atom. The molecule has 0 saturated carbocycles. The molecule has 1 aromatic carbocycles. The molecule has 20 heavy (non-hydrogen) atoms. The standard InChI is InChI=1S/C13H13Cl2N3O2/c1-8(2)18-12(16-7-17-18)6-20-13-9(5-19)3-10(14)4-11(13)15/h3-5,7-8H,6H2,1-2H3. The van der Waals surface area contributed by atoms with Gasteiger partial charge in [0.1, 0.15) is 18.7 Å². The topological polar surface area (TPSA) is 57.0 Å². The second kappa shape index (κ2) is 6.24. The van der Waals surface area contributed by atoms with E-state index in [1.807, 2.05) is 13.8 Å². The molecule has 7 heteroatoms. The summed E-state index contributed by atoms with van der Waals surface area (Å²) in [5.74, 6) is 0.951. The van der Waals surface area contributed by atoms with Gasteiger partial charge in [0, 0.05) is 11.1 Å². The maximum absolute atomic E-state index is 11.0. The average Bonchev–Trinajstić information content (AvgIpc) is 2.85. The summed E-state index contributed by atoms with van der Waals surface area (Å²) < 4.78 is 7.34. The summed E-state index contributed by atoms with van der Waals surface area (Å²) >= 11 is 11.9. The maximum Gasteiger partial charge on any atom is 0.165 e. The predicted octanol–water partition coefficient (Wildman–Crippen LogP) is 3.56. The lowest BCUT2D eigenvalue weighted by Gasteiger charge is -2.12. The Morgan fingerprint density at radius 2 is 2.15 bits per heavy atom. The number of benzene rings is 1. The van der Waals surface area contributed by atoms with Gasteiger partial charge in [0.15, 0.2) is 12.1 Å². The Bertz CT molecular complexity index is 626. The second-order valence-corrected chi connectivity index (χ2v) is 5.27. The van der Waals surface area contributed by atoms with Gasteiger partial charge >= 0.3 is 0 Å². The van der Waals surface area contributed by atoms with Crippen LogP contribution in [0.15, 0.2) is 18.5 Å². The van der Waals surface area contributed by atoms with Crippen molar-refractivity contribution in [3.8, 4) is 5.75 Å². The molecule has 5 nitrogen and oxygen atoms in total. The van der Waals surface area contributed by atoms with Crippen LogP contribution in [0.1, 0.15) is 36.1 Å². The van der Waals surface area contributed by atoms with Crippen molar-refractivity contribution >= 4 is 29.5 Å². The molecular weight excluding hydrogens is 301 g/mol. The lowest BCUT2D eigenvalue weighted by Crippen LogP contribution is -2.11. The fraction of sp³-hybridized carbons (Fsp3) is 0.308. The van der Waals surface area contributed by atoms with Crippen molar-refractivity contribution < 1.29 is 9.53 Å². The SMILES string of the molecule is CC(C)n1ncnc1COc1c(Cl)cc(Cl)cc1C=O. The van der Waals surface area contributed by atoms with E-state index in [9.17, 15) is 4.79 Å². The van der Waals surface area contributed by atoms with Gasteiger partial charge < -0.3 is 4.74 Å². The van der Waals surface area contributed by atoms with Gasteiger partial charge in [-0.15, -0.1) is 0 Å². The minimum absolute atomic E-state index is 0.167. The van der Waals surface area contributed by atoms with E-state index in [1.54, 1.807) is 4.68 Å². The van der Waals surface area contributed by atoms with E-state index in [2.05, 4.69) is 10.1 Å². The zero-order chi connectivity index (χ0) is 14.7. The van der Waals surface area contributed by atoms with Gasteiger partial charge in [-0.1, -0.05) is 23.2 Å². The number of ether oxygens (including phenoxy) is 1. The number of carbonyl (C=O) groups excluding carboxylic acids is 1. The molecule has 1 heterocycles. The molecule has 1 aromatic heterocycles. The largest absolute Gasteiger partial charge is 0.483 e. The molecule has 0 bridgehead atoms. The van der Waals surface area contributed by atoms with Gasteiger partial charge in [0.25, 0.3) is 0 Å². The second-order valence-electron chi connectivity index (χ2n) is 4.43. The molecule has 0 aliphatic carbocycles. The highest BCUT2D eigenvalue weighted by molar-refractivity contribution is 6.36. The minimum Gasteiger partial charge on any atom is -0.483 e. The van der Waals surface area contributed by atoms with Crippen molar-refractivity contribution in [2.75, 3.05) is 0 Å². The highest BCUT2D eigenvalue weighted by atomic mass is 35.5. The third-order valence-electron chi connectivity index (χ3n) is 2.65. The monoisotopic (exact) mass is 313 g/mol. The quantitative estimate of drug-likeness (QED) is 0.792. The first-order chi connectivity index (χ1) is 9.52. The van der Waals surface area contributed by atoms with Crippen LogP contribution in [0.5, 0.6) is 5.75 Å². The number of aldehydes is 1. The third kappa shape index (κ3) is 3.11. The van der Waals surface area contributed by atoms with Crippen molar-refractivity contribution in [3.05, 3.63) is 39.9 Å². The molecule has 0 aliphatic heterocycles. The van der Waals surface area contributed by atoms with Gasteiger partial charge in [-0.25, -0.2) is 9.67 Å². The first-order valence-corrected chi connectivity index (χ1v) is 6.74. The Hall–Kier alpha value is -1.59. The summed E-state index contributed by atoms with van der Waals surface area (Å²) in [5.41, 5.74) is 0.304. The smallest absolute Gasteiger partial charge is 0.165 e. The number of rotatable bonds is 5. The van der Waals surface area contributed by atoms with E-state index in [1.165, 1.54) is 18.5 Å². The maximum atomic E-state index is 11.0. The Kier molecular flexibility index (Phi) is 4.62. The summed E-state index contributed by atoms with van der Waals surface area (Å²) in [4.78, 5) is 15.2. The molecule has 0 saturated heterocycles. The molecule has 106 valence electrons. The highest BCUT2D eigenvalue weighted by Crippen LogP contribution is 2.32. The molecule has 0 N–H and O–H groups in total. The van der Waals surface area contributed by atoms with Crippen molar-refractivity contribution in [2.24, 2.45) is 0 Å². The van der Waals surface area contributed by atoms with Crippen molar-refractivity contribution in [1.29, 1.82) is 0 Å². The first-order valence-electron chi connectivity index (χ1n) is 5.98. The predicted molar refractivity (Wildman–Crippen MR) is 76.6 cm³/mol. The highest BCUT2D eigenvalue weighted by Gasteiger charge is 2.13. The first kappa shape index (κ1) is 14.8. The van der Waals surface area contributed by atoms with Crippen molar-refractivity contribution in [3.63, 3.8) is 0 Å². The summed E-state index contributed by atoms with van der Waals surface area (Å²) in [6, 6.07) is 3.20. The Balaban J connectivity index is 2.23. The summed E-state index contributed by atoms with van der Waals surface area (Å²) in [7, 11) is 0. The van der Waals surface area contributed by atoms with E-state index in [-0.39, 0.29) is 17.7 Å². The number of aromatic nitrogens is 3. The molecule has 0 aliphatic rings. The number of hydrogen-bond acceptors (Lipinski definition) is 4. The van der Waals surface area contributed by atoms with Gasteiger partial charge in [-0.05, 0) is 26.0 Å². The molecule has 0 spiro atoms. The third-order valence-corrected chi connectivity index (χ3v) is 3.15. The minimum atomic E-state index is 0.167. The molecule has 0 fully saturated rings. The molecule has 2 aromatic rings. The molecule has 0 radical (unpaired) electrons. The van der Waals surface area contributed by atoms with E-state index >= 15 is 0 Å². The fourth-order valence-electron chi connectivity index (χ4n) is 1.77. The molecule has 0 unspecified atom stereocenters. The normalized spacial score (nSPS) is 10.8. The Morgan fingerprint density at radius 1 is 1.40 bits per heavy atom. The van der Waals surface area contributed by atoms with E-state index < -0.39 is 0 Å². The molecule has 0 atom stereocenters. The van der Waals surface area contributed by atoms with E-state index in [0.717, 1.165) is 0 Å².